The third kappa shape index (κ3) is 8.02. The Morgan fingerprint density at radius 2 is 2.31 bits per heavy atom. The summed E-state index contributed by atoms with van der Waals surface area (Å²) in [5.41, 5.74) is 6.21. The van der Waals surface area contributed by atoms with Gasteiger partial charge in [-0.2, -0.15) is 30.2 Å². The molecule has 0 saturated carbocycles. The lowest BCUT2D eigenvalue weighted by Crippen LogP contribution is -2.39. The van der Waals surface area contributed by atoms with Gasteiger partial charge in [-0.15, -0.1) is 16.3 Å². The Balaban J connectivity index is 2.42. The van der Waals surface area contributed by atoms with E-state index in [2.05, 4.69) is 22.8 Å². The third-order valence-corrected chi connectivity index (χ3v) is 5.08. The number of urea groups is 1. The number of halogens is 3. The topological polar surface area (TPSA) is 111 Å². The maximum absolute atomic E-state index is 12.1. The van der Waals surface area contributed by atoms with Gasteiger partial charge in [-0.05, 0) is 0 Å². The zero-order chi connectivity index (χ0) is 19.7. The molecule has 0 atom stereocenters. The molecule has 0 aliphatic carbocycles. The normalized spacial score (nSPS) is 11.8. The van der Waals surface area contributed by atoms with Gasteiger partial charge in [0, 0.05) is 30.5 Å². The predicted octanol–water partition coefficient (Wildman–Crippen LogP) is 2.03. The highest BCUT2D eigenvalue weighted by atomic mass is 32.2. The molecule has 144 valence electrons. The molecule has 0 radical (unpaired) electrons. The molecule has 0 fully saturated rings. The van der Waals surface area contributed by atoms with Crippen molar-refractivity contribution in [3.05, 3.63) is 11.1 Å². The van der Waals surface area contributed by atoms with Gasteiger partial charge >= 0.3 is 12.2 Å². The van der Waals surface area contributed by atoms with E-state index in [0.717, 1.165) is 15.6 Å². The summed E-state index contributed by atoms with van der Waals surface area (Å²) in [4.78, 5) is 20.8. The van der Waals surface area contributed by atoms with Gasteiger partial charge < -0.3 is 16.0 Å². The minimum absolute atomic E-state index is 0.125. The maximum atomic E-state index is 12.1. The van der Waals surface area contributed by atoms with Crippen LogP contribution in [0.5, 0.6) is 0 Å². The Bertz CT molecular complexity index is 674. The van der Waals surface area contributed by atoms with E-state index in [4.69, 9.17) is 11.0 Å². The van der Waals surface area contributed by atoms with E-state index < -0.39 is 18.8 Å². The lowest BCUT2D eigenvalue weighted by atomic mass is 10.6. The fraction of sp³-hybridized carbons (Fsp3) is 0.500. The number of guanidine groups is 1. The average Bonchev–Trinajstić information content (AvgIpc) is 3.04. The minimum Gasteiger partial charge on any atom is -0.369 e. The summed E-state index contributed by atoms with van der Waals surface area (Å²) >= 11 is 6.50. The van der Waals surface area contributed by atoms with Crippen molar-refractivity contribution in [1.82, 2.24) is 15.2 Å². The summed E-state index contributed by atoms with van der Waals surface area (Å²) < 4.78 is 37.0. The summed E-state index contributed by atoms with van der Waals surface area (Å²) in [6.45, 7) is -0.875. The van der Waals surface area contributed by atoms with Crippen molar-refractivity contribution < 1.29 is 18.0 Å². The third-order valence-electron chi connectivity index (χ3n) is 2.73. The van der Waals surface area contributed by atoms with Crippen molar-refractivity contribution in [2.75, 3.05) is 30.2 Å². The molecular weight excluding hydrogens is 411 g/mol. The van der Waals surface area contributed by atoms with Gasteiger partial charge in [0.1, 0.15) is 6.54 Å². The molecule has 1 rings (SSSR count). The molecule has 1 aromatic rings. The highest BCUT2D eigenvalue weighted by Crippen LogP contribution is 2.24. The Morgan fingerprint density at radius 1 is 1.62 bits per heavy atom. The second kappa shape index (κ2) is 10.3. The number of carbonyl (C=O) groups is 1. The molecule has 14 heteroatoms. The monoisotopic (exact) mass is 427 g/mol. The van der Waals surface area contributed by atoms with Gasteiger partial charge in [0.05, 0.1) is 5.69 Å². The maximum Gasteiger partial charge on any atom is 0.405 e. The molecule has 1 heterocycles. The van der Waals surface area contributed by atoms with Crippen molar-refractivity contribution >= 4 is 53.0 Å². The van der Waals surface area contributed by atoms with Gasteiger partial charge in [0.2, 0.25) is 17.3 Å². The van der Waals surface area contributed by atoms with Gasteiger partial charge in [-0.1, -0.05) is 12.8 Å². The van der Waals surface area contributed by atoms with Crippen LogP contribution in [-0.4, -0.2) is 53.9 Å². The number of carbonyl (C=O) groups excluding carboxylic acids is 1. The van der Waals surface area contributed by atoms with Crippen LogP contribution < -0.4 is 15.4 Å². The number of alkyl halides is 3. The molecule has 2 amide bonds. The zero-order valence-electron chi connectivity index (χ0n) is 13.5. The van der Waals surface area contributed by atoms with E-state index in [-0.39, 0.29) is 11.1 Å². The summed E-state index contributed by atoms with van der Waals surface area (Å²) in [5.74, 6) is 1.34. The summed E-state index contributed by atoms with van der Waals surface area (Å²) in [5, 5.41) is 12.0. The number of nitrogens with two attached hydrogens (primary N) is 1. The summed E-state index contributed by atoms with van der Waals surface area (Å²) in [7, 11) is 1.70. The molecule has 0 aliphatic heterocycles. The number of anilines is 1. The molecule has 0 bridgehead atoms. The van der Waals surface area contributed by atoms with Crippen LogP contribution in [-0.2, 0) is 5.75 Å². The van der Waals surface area contributed by atoms with Crippen LogP contribution in [0.25, 0.3) is 0 Å². The first-order valence-electron chi connectivity index (χ1n) is 6.93. The summed E-state index contributed by atoms with van der Waals surface area (Å²) in [6.07, 6.45) is -2.89. The number of nitriles is 1. The van der Waals surface area contributed by atoms with E-state index in [1.54, 1.807) is 28.8 Å². The highest BCUT2D eigenvalue weighted by molar-refractivity contribution is 7.98. The number of nitrogens with one attached hydrogen (secondary N) is 1. The molecule has 0 unspecified atom stereocenters. The van der Waals surface area contributed by atoms with Crippen LogP contribution >= 0.6 is 35.9 Å². The number of thiazole rings is 1. The Hall–Kier alpha value is -1.85. The second-order valence-electron chi connectivity index (χ2n) is 4.75. The Kier molecular flexibility index (Phi) is 8.82. The van der Waals surface area contributed by atoms with Crippen molar-refractivity contribution in [3.8, 4) is 6.19 Å². The molecule has 0 aromatic carbocycles. The van der Waals surface area contributed by atoms with E-state index in [1.165, 1.54) is 11.8 Å². The lowest BCUT2D eigenvalue weighted by molar-refractivity contribution is -0.122. The number of hydrogen-bond acceptors (Lipinski definition) is 7. The number of thioether (sulfide) groups is 1. The summed E-state index contributed by atoms with van der Waals surface area (Å²) in [6, 6.07) is -1.01. The molecule has 3 N–H and O–H groups in total. The van der Waals surface area contributed by atoms with Gasteiger partial charge in [0.15, 0.2) is 0 Å². The number of nitrogens with zero attached hydrogens (tertiary/aromatic N) is 5. The Morgan fingerprint density at radius 3 is 2.92 bits per heavy atom. The van der Waals surface area contributed by atoms with Crippen molar-refractivity contribution in [3.63, 3.8) is 0 Å². The number of rotatable bonds is 7. The van der Waals surface area contributed by atoms with Crippen molar-refractivity contribution in [2.24, 2.45) is 10.7 Å². The predicted molar refractivity (Wildman–Crippen MR) is 99.1 cm³/mol. The first-order valence-corrected chi connectivity index (χ1v) is 9.36. The molecule has 0 saturated heterocycles. The van der Waals surface area contributed by atoms with E-state index in [0.29, 0.717) is 23.7 Å². The zero-order valence-corrected chi connectivity index (χ0v) is 16.1. The number of amides is 2. The number of thiol groups is 1. The SMILES string of the molecule is CN(CCSCc1csc(N(S)C(=O)NCC(F)(F)F)n1)C(N)=NC#N. The van der Waals surface area contributed by atoms with Gasteiger partial charge in [0.25, 0.3) is 0 Å². The largest absolute Gasteiger partial charge is 0.405 e. The first-order chi connectivity index (χ1) is 12.1. The van der Waals surface area contributed by atoms with E-state index in [1.807, 2.05) is 0 Å². The minimum atomic E-state index is -4.50. The van der Waals surface area contributed by atoms with Crippen LogP contribution in [0.4, 0.5) is 23.1 Å². The first kappa shape index (κ1) is 22.2. The smallest absolute Gasteiger partial charge is 0.369 e. The number of hydrogen-bond donors (Lipinski definition) is 3. The molecule has 8 nitrogen and oxygen atoms in total. The second-order valence-corrected chi connectivity index (χ2v) is 7.09. The molecule has 1 aromatic heterocycles. The molecule has 26 heavy (non-hydrogen) atoms. The van der Waals surface area contributed by atoms with E-state index in [9.17, 15) is 18.0 Å². The standard InChI is InChI=1S/C12H16F3N7OS3/c1-21(9(17)19-7-16)2-3-25-4-8-5-26-11(20-8)22(24)10(23)18-6-12(13,14)15/h5,24H,2-4,6H2,1H3,(H2,17,19)(H,18,23). The van der Waals surface area contributed by atoms with Crippen molar-refractivity contribution in [2.45, 2.75) is 11.9 Å². The average molecular weight is 428 g/mol. The van der Waals surface area contributed by atoms with Crippen LogP contribution in [0.2, 0.25) is 0 Å². The number of aromatic nitrogens is 1. The van der Waals surface area contributed by atoms with Crippen LogP contribution in [0.3, 0.4) is 0 Å². The molecule has 0 aliphatic rings. The van der Waals surface area contributed by atoms with Gasteiger partial charge in [-0.25, -0.2) is 14.1 Å². The molecule has 0 spiro atoms. The quantitative estimate of drug-likeness (QED) is 0.202. The fourth-order valence-corrected chi connectivity index (χ4v) is 3.42. The van der Waals surface area contributed by atoms with Crippen LogP contribution in [0, 0.1) is 11.5 Å². The molecular formula is C12H16F3N7OS3. The Labute approximate surface area is 161 Å². The highest BCUT2D eigenvalue weighted by Gasteiger charge is 2.29. The van der Waals surface area contributed by atoms with Crippen LogP contribution in [0.1, 0.15) is 5.69 Å². The fourth-order valence-electron chi connectivity index (χ4n) is 1.43. The van der Waals surface area contributed by atoms with Gasteiger partial charge in [-0.3, -0.25) is 0 Å². The van der Waals surface area contributed by atoms with Crippen LogP contribution in [0.15, 0.2) is 10.4 Å². The van der Waals surface area contributed by atoms with Crippen molar-refractivity contribution in [1.29, 1.82) is 5.26 Å². The lowest BCUT2D eigenvalue weighted by Gasteiger charge is -2.16. The van der Waals surface area contributed by atoms with E-state index >= 15 is 0 Å². The number of aliphatic imine (C=N–C) groups is 1.